The monoisotopic (exact) mass is 306 g/mol. The van der Waals surface area contributed by atoms with E-state index in [9.17, 15) is 18.0 Å². The maximum Gasteiger partial charge on any atom is 0.416 e. The number of hydrogen-bond donors (Lipinski definition) is 2. The third kappa shape index (κ3) is 4.37. The molecule has 20 heavy (non-hydrogen) atoms. The number of alkyl halides is 3. The quantitative estimate of drug-likeness (QED) is 0.645. The van der Waals surface area contributed by atoms with E-state index in [0.717, 1.165) is 12.1 Å². The molecule has 0 aliphatic heterocycles. The molecule has 0 heterocycles. The molecule has 0 saturated carbocycles. The zero-order chi connectivity index (χ0) is 15.3. The van der Waals surface area contributed by atoms with Crippen LogP contribution in [-0.2, 0) is 15.7 Å². The lowest BCUT2D eigenvalue weighted by molar-refractivity contribution is -0.140. The number of esters is 1. The second kappa shape index (κ2) is 6.56. The fourth-order valence-electron chi connectivity index (χ4n) is 1.48. The molecule has 4 nitrogen and oxygen atoms in total. The topological polar surface area (TPSA) is 64.3 Å². The lowest BCUT2D eigenvalue weighted by Gasteiger charge is -2.14. The van der Waals surface area contributed by atoms with E-state index in [0.29, 0.717) is 5.69 Å². The Kier molecular flexibility index (Phi) is 5.32. The van der Waals surface area contributed by atoms with Gasteiger partial charge in [0.1, 0.15) is 4.99 Å². The van der Waals surface area contributed by atoms with Gasteiger partial charge in [-0.2, -0.15) is 13.2 Å². The third-order valence-electron chi connectivity index (χ3n) is 2.48. The Morgan fingerprint density at radius 3 is 2.60 bits per heavy atom. The number of carbonyl (C=O) groups is 1. The van der Waals surface area contributed by atoms with Crippen LogP contribution in [-0.4, -0.2) is 24.6 Å². The van der Waals surface area contributed by atoms with Crippen LogP contribution in [0.2, 0.25) is 0 Å². The van der Waals surface area contributed by atoms with Gasteiger partial charge in [-0.3, -0.25) is 4.79 Å². The summed E-state index contributed by atoms with van der Waals surface area (Å²) in [7, 11) is 1.25. The fourth-order valence-corrected chi connectivity index (χ4v) is 1.65. The molecule has 0 bridgehead atoms. The second-order valence-electron chi connectivity index (χ2n) is 3.88. The van der Waals surface area contributed by atoms with Crippen LogP contribution in [0.3, 0.4) is 0 Å². The summed E-state index contributed by atoms with van der Waals surface area (Å²) in [6.45, 7) is 0.202. The van der Waals surface area contributed by atoms with E-state index < -0.39 is 17.7 Å². The van der Waals surface area contributed by atoms with Crippen LogP contribution >= 0.6 is 12.2 Å². The van der Waals surface area contributed by atoms with Crippen molar-refractivity contribution in [2.24, 2.45) is 5.73 Å². The highest BCUT2D eigenvalue weighted by atomic mass is 32.1. The average Bonchev–Trinajstić information content (AvgIpc) is 2.37. The van der Waals surface area contributed by atoms with Crippen molar-refractivity contribution in [3.8, 4) is 0 Å². The highest BCUT2D eigenvalue weighted by Gasteiger charge is 2.31. The van der Waals surface area contributed by atoms with Crippen molar-refractivity contribution >= 4 is 28.9 Å². The van der Waals surface area contributed by atoms with Crippen molar-refractivity contribution in [1.82, 2.24) is 0 Å². The number of hydrogen-bond acceptors (Lipinski definition) is 4. The molecule has 0 saturated heterocycles. The van der Waals surface area contributed by atoms with Crippen LogP contribution in [0.25, 0.3) is 0 Å². The summed E-state index contributed by atoms with van der Waals surface area (Å²) < 4.78 is 42.3. The minimum Gasteiger partial charge on any atom is -0.469 e. The highest BCUT2D eigenvalue weighted by Crippen LogP contribution is 2.31. The molecule has 0 radical (unpaired) electrons. The number of carbonyl (C=O) groups excluding carboxylic acids is 1. The summed E-state index contributed by atoms with van der Waals surface area (Å²) in [6.07, 6.45) is -4.39. The number of rotatable bonds is 5. The molecule has 0 unspecified atom stereocenters. The van der Waals surface area contributed by atoms with E-state index in [-0.39, 0.29) is 23.5 Å². The van der Waals surface area contributed by atoms with Crippen molar-refractivity contribution in [2.75, 3.05) is 19.0 Å². The first-order valence-corrected chi connectivity index (χ1v) is 5.98. The third-order valence-corrected chi connectivity index (χ3v) is 2.70. The molecule has 0 spiro atoms. The van der Waals surface area contributed by atoms with Gasteiger partial charge in [-0.05, 0) is 18.2 Å². The first kappa shape index (κ1) is 16.2. The maximum absolute atomic E-state index is 12.6. The van der Waals surface area contributed by atoms with E-state index in [4.69, 9.17) is 18.0 Å². The Labute approximate surface area is 119 Å². The molecular weight excluding hydrogens is 293 g/mol. The first-order chi connectivity index (χ1) is 9.25. The Bertz CT molecular complexity index is 518. The minimum atomic E-state index is -4.47. The fraction of sp³-hybridized carbons (Fsp3) is 0.333. The first-order valence-electron chi connectivity index (χ1n) is 5.57. The van der Waals surface area contributed by atoms with Gasteiger partial charge in [0.2, 0.25) is 0 Å². The summed E-state index contributed by atoms with van der Waals surface area (Å²) in [6, 6.07) is 3.03. The van der Waals surface area contributed by atoms with Gasteiger partial charge in [-0.1, -0.05) is 12.2 Å². The lowest BCUT2D eigenvalue weighted by Crippen LogP contribution is -2.17. The maximum atomic E-state index is 12.6. The molecule has 1 aromatic carbocycles. The molecule has 0 aliphatic rings. The van der Waals surface area contributed by atoms with Crippen LogP contribution in [0.1, 0.15) is 17.5 Å². The normalized spacial score (nSPS) is 11.0. The summed E-state index contributed by atoms with van der Waals surface area (Å²) in [4.78, 5) is 10.8. The molecule has 0 fully saturated rings. The number of anilines is 1. The molecule has 1 rings (SSSR count). The molecule has 0 aromatic heterocycles. The minimum absolute atomic E-state index is 0.0777. The second-order valence-corrected chi connectivity index (χ2v) is 4.32. The predicted molar refractivity (Wildman–Crippen MR) is 72.5 cm³/mol. The van der Waals surface area contributed by atoms with Crippen molar-refractivity contribution in [3.05, 3.63) is 29.3 Å². The SMILES string of the molecule is COC(=O)CCNc1ccc(C(F)(F)F)cc1C(N)=S. The Morgan fingerprint density at radius 2 is 2.10 bits per heavy atom. The molecule has 8 heteroatoms. The molecule has 3 N–H and O–H groups in total. The highest BCUT2D eigenvalue weighted by molar-refractivity contribution is 7.80. The smallest absolute Gasteiger partial charge is 0.416 e. The van der Waals surface area contributed by atoms with Gasteiger partial charge in [0, 0.05) is 17.8 Å². The lowest BCUT2D eigenvalue weighted by atomic mass is 10.1. The van der Waals surface area contributed by atoms with Gasteiger partial charge in [0.15, 0.2) is 0 Å². The van der Waals surface area contributed by atoms with Gasteiger partial charge < -0.3 is 15.8 Å². The van der Waals surface area contributed by atoms with E-state index in [2.05, 4.69) is 10.1 Å². The summed E-state index contributed by atoms with van der Waals surface area (Å²) >= 11 is 4.74. The van der Waals surface area contributed by atoms with Gasteiger partial charge in [0.25, 0.3) is 0 Å². The largest absolute Gasteiger partial charge is 0.469 e. The molecule has 0 atom stereocenters. The van der Waals surface area contributed by atoms with E-state index >= 15 is 0 Å². The number of nitrogens with two attached hydrogens (primary N) is 1. The van der Waals surface area contributed by atoms with Crippen molar-refractivity contribution in [1.29, 1.82) is 0 Å². The molecular formula is C12H13F3N2O2S. The van der Waals surface area contributed by atoms with Crippen molar-refractivity contribution in [2.45, 2.75) is 12.6 Å². The number of nitrogens with one attached hydrogen (secondary N) is 1. The molecule has 0 amide bonds. The van der Waals surface area contributed by atoms with E-state index in [1.165, 1.54) is 13.2 Å². The Morgan fingerprint density at radius 1 is 1.45 bits per heavy atom. The van der Waals surface area contributed by atoms with Crippen molar-refractivity contribution in [3.63, 3.8) is 0 Å². The molecule has 110 valence electrons. The number of methoxy groups -OCH3 is 1. The van der Waals surface area contributed by atoms with Crippen LogP contribution in [0, 0.1) is 0 Å². The zero-order valence-corrected chi connectivity index (χ0v) is 11.4. The summed E-state index contributed by atoms with van der Waals surface area (Å²) in [5, 5.41) is 2.80. The molecule has 0 aliphatic carbocycles. The summed E-state index contributed by atoms with van der Waals surface area (Å²) in [5.41, 5.74) is 5.01. The standard InChI is InChI=1S/C12H13F3N2O2S/c1-19-10(18)4-5-17-9-3-2-7(12(13,14)15)6-8(9)11(16)20/h2-3,6,17H,4-5H2,1H3,(H2,16,20). The van der Waals surface area contributed by atoms with E-state index in [1.54, 1.807) is 0 Å². The van der Waals surface area contributed by atoms with Gasteiger partial charge in [-0.25, -0.2) is 0 Å². The van der Waals surface area contributed by atoms with Gasteiger partial charge in [0.05, 0.1) is 19.1 Å². The van der Waals surface area contributed by atoms with Crippen LogP contribution in [0.15, 0.2) is 18.2 Å². The van der Waals surface area contributed by atoms with Crippen LogP contribution in [0.5, 0.6) is 0 Å². The van der Waals surface area contributed by atoms with Gasteiger partial charge >= 0.3 is 12.1 Å². The molecule has 1 aromatic rings. The zero-order valence-electron chi connectivity index (χ0n) is 10.6. The van der Waals surface area contributed by atoms with E-state index in [1.807, 2.05) is 0 Å². The number of halogens is 3. The predicted octanol–water partition coefficient (Wildman–Crippen LogP) is 2.31. The van der Waals surface area contributed by atoms with Crippen LogP contribution < -0.4 is 11.1 Å². The Hall–Kier alpha value is -1.83. The number of benzene rings is 1. The number of thiocarbonyl (C=S) groups is 1. The average molecular weight is 306 g/mol. The van der Waals surface area contributed by atoms with Crippen LogP contribution in [0.4, 0.5) is 18.9 Å². The number of ether oxygens (including phenoxy) is 1. The summed E-state index contributed by atoms with van der Waals surface area (Å²) in [5.74, 6) is -0.429. The van der Waals surface area contributed by atoms with Crippen molar-refractivity contribution < 1.29 is 22.7 Å². The Balaban J connectivity index is 2.91. The van der Waals surface area contributed by atoms with Gasteiger partial charge in [-0.15, -0.1) is 0 Å².